The normalized spacial score (nSPS) is 15.9. The highest BCUT2D eigenvalue weighted by Gasteiger charge is 2.20. The van der Waals surface area contributed by atoms with E-state index in [1.54, 1.807) is 7.11 Å². The molecule has 2 N–H and O–H groups in total. The van der Waals surface area contributed by atoms with E-state index < -0.39 is 0 Å². The number of amides is 1. The van der Waals surface area contributed by atoms with Crippen molar-refractivity contribution in [2.75, 3.05) is 45.7 Å². The van der Waals surface area contributed by atoms with Gasteiger partial charge in [-0.3, -0.25) is 9.69 Å². The third-order valence-corrected chi connectivity index (χ3v) is 3.94. The van der Waals surface area contributed by atoms with Crippen molar-refractivity contribution in [2.45, 2.75) is 12.8 Å². The molecule has 1 fully saturated rings. The molecule has 0 saturated carbocycles. The van der Waals surface area contributed by atoms with Gasteiger partial charge in [0.25, 0.3) is 0 Å². The minimum atomic E-state index is 0. The Balaban J connectivity index is 0.00000242. The van der Waals surface area contributed by atoms with Gasteiger partial charge in [0.1, 0.15) is 5.75 Å². The van der Waals surface area contributed by atoms with Crippen LogP contribution in [0.4, 0.5) is 5.69 Å². The molecule has 22 heavy (non-hydrogen) atoms. The number of nitrogens with one attached hydrogen (secondary N) is 2. The van der Waals surface area contributed by atoms with Crippen LogP contribution in [0.25, 0.3) is 0 Å². The average molecular weight is 328 g/mol. The number of halogens is 1. The summed E-state index contributed by atoms with van der Waals surface area (Å²) in [4.78, 5) is 14.3. The fourth-order valence-corrected chi connectivity index (χ4v) is 2.72. The molecule has 0 atom stereocenters. The lowest BCUT2D eigenvalue weighted by Gasteiger charge is -2.31. The van der Waals surface area contributed by atoms with Crippen LogP contribution in [0.5, 0.6) is 5.75 Å². The third kappa shape index (κ3) is 5.83. The van der Waals surface area contributed by atoms with E-state index in [1.165, 1.54) is 0 Å². The standard InChI is InChI=1S/C16H25N3O2.ClH/c1-17-11-13-7-9-19(10-8-13)12-16(20)18-14-3-5-15(21-2)6-4-14;/h3-6,13,17H,7-12H2,1-2H3,(H,18,20);1H. The van der Waals surface area contributed by atoms with Crippen molar-refractivity contribution in [3.05, 3.63) is 24.3 Å². The Kier molecular flexibility index (Phi) is 8.24. The number of methoxy groups -OCH3 is 1. The zero-order valence-electron chi connectivity index (χ0n) is 13.3. The molecule has 1 aromatic rings. The maximum absolute atomic E-state index is 12.0. The Morgan fingerprint density at radius 1 is 1.27 bits per heavy atom. The summed E-state index contributed by atoms with van der Waals surface area (Å²) in [5.41, 5.74) is 0.811. The van der Waals surface area contributed by atoms with Crippen LogP contribution < -0.4 is 15.4 Å². The second-order valence-electron chi connectivity index (χ2n) is 5.55. The predicted octanol–water partition coefficient (Wildman–Crippen LogP) is 1.99. The zero-order valence-corrected chi connectivity index (χ0v) is 14.1. The molecular formula is C16H26ClN3O2. The summed E-state index contributed by atoms with van der Waals surface area (Å²) in [5, 5.41) is 6.16. The van der Waals surface area contributed by atoms with E-state index in [4.69, 9.17) is 4.74 Å². The first-order chi connectivity index (χ1) is 10.2. The Morgan fingerprint density at radius 2 is 1.91 bits per heavy atom. The van der Waals surface area contributed by atoms with Gasteiger partial charge in [0.2, 0.25) is 5.91 Å². The highest BCUT2D eigenvalue weighted by Crippen LogP contribution is 2.17. The van der Waals surface area contributed by atoms with Crippen molar-refractivity contribution >= 4 is 24.0 Å². The number of ether oxygens (including phenoxy) is 1. The Labute approximate surface area is 138 Å². The van der Waals surface area contributed by atoms with Gasteiger partial charge in [0.05, 0.1) is 13.7 Å². The van der Waals surface area contributed by atoms with Gasteiger partial charge in [-0.2, -0.15) is 0 Å². The van der Waals surface area contributed by atoms with E-state index >= 15 is 0 Å². The van der Waals surface area contributed by atoms with Crippen molar-refractivity contribution in [3.63, 3.8) is 0 Å². The third-order valence-electron chi connectivity index (χ3n) is 3.94. The fraction of sp³-hybridized carbons (Fsp3) is 0.562. The molecule has 0 aliphatic carbocycles. The predicted molar refractivity (Wildman–Crippen MR) is 92.0 cm³/mol. The van der Waals surface area contributed by atoms with Crippen LogP contribution in [0.3, 0.4) is 0 Å². The van der Waals surface area contributed by atoms with Gasteiger partial charge in [-0.1, -0.05) is 0 Å². The number of benzene rings is 1. The smallest absolute Gasteiger partial charge is 0.238 e. The molecule has 0 unspecified atom stereocenters. The number of nitrogens with zero attached hydrogens (tertiary/aromatic N) is 1. The molecule has 1 amide bonds. The van der Waals surface area contributed by atoms with Crippen LogP contribution >= 0.6 is 12.4 Å². The van der Waals surface area contributed by atoms with Crippen molar-refractivity contribution in [1.82, 2.24) is 10.2 Å². The molecule has 5 nitrogen and oxygen atoms in total. The van der Waals surface area contributed by atoms with Crippen molar-refractivity contribution in [3.8, 4) is 5.75 Å². The van der Waals surface area contributed by atoms with Gasteiger partial charge in [-0.15, -0.1) is 12.4 Å². The average Bonchev–Trinajstić information content (AvgIpc) is 2.50. The Hall–Kier alpha value is -1.30. The molecule has 6 heteroatoms. The zero-order chi connectivity index (χ0) is 15.1. The maximum Gasteiger partial charge on any atom is 0.238 e. The van der Waals surface area contributed by atoms with E-state index in [1.807, 2.05) is 31.3 Å². The van der Waals surface area contributed by atoms with E-state index in [2.05, 4.69) is 15.5 Å². The van der Waals surface area contributed by atoms with Gasteiger partial charge >= 0.3 is 0 Å². The minimum absolute atomic E-state index is 0. The molecule has 1 heterocycles. The summed E-state index contributed by atoms with van der Waals surface area (Å²) < 4.78 is 5.10. The molecule has 1 aromatic carbocycles. The lowest BCUT2D eigenvalue weighted by molar-refractivity contribution is -0.117. The second kappa shape index (κ2) is 9.66. The van der Waals surface area contributed by atoms with Crippen LogP contribution in [0.1, 0.15) is 12.8 Å². The molecule has 0 aromatic heterocycles. The SMILES string of the molecule is CNCC1CCN(CC(=O)Nc2ccc(OC)cc2)CC1.Cl. The van der Waals surface area contributed by atoms with Crippen LogP contribution in [-0.4, -0.2) is 51.1 Å². The van der Waals surface area contributed by atoms with Gasteiger partial charge in [-0.05, 0) is 69.7 Å². The highest BCUT2D eigenvalue weighted by atomic mass is 35.5. The summed E-state index contributed by atoms with van der Waals surface area (Å²) in [5.74, 6) is 1.59. The van der Waals surface area contributed by atoms with Crippen molar-refractivity contribution in [1.29, 1.82) is 0 Å². The van der Waals surface area contributed by atoms with Gasteiger partial charge in [0.15, 0.2) is 0 Å². The quantitative estimate of drug-likeness (QED) is 0.839. The monoisotopic (exact) mass is 327 g/mol. The number of likely N-dealkylation sites (tertiary alicyclic amines) is 1. The maximum atomic E-state index is 12.0. The largest absolute Gasteiger partial charge is 0.497 e. The van der Waals surface area contributed by atoms with Gasteiger partial charge < -0.3 is 15.4 Å². The van der Waals surface area contributed by atoms with Crippen LogP contribution in [0.2, 0.25) is 0 Å². The second-order valence-corrected chi connectivity index (χ2v) is 5.55. The van der Waals surface area contributed by atoms with Crippen molar-refractivity contribution in [2.24, 2.45) is 5.92 Å². The topological polar surface area (TPSA) is 53.6 Å². The number of rotatable bonds is 6. The first-order valence-corrected chi connectivity index (χ1v) is 7.52. The highest BCUT2D eigenvalue weighted by molar-refractivity contribution is 5.92. The van der Waals surface area contributed by atoms with Crippen LogP contribution in [-0.2, 0) is 4.79 Å². The summed E-state index contributed by atoms with van der Waals surface area (Å²) in [7, 11) is 3.62. The van der Waals surface area contributed by atoms with Crippen LogP contribution in [0, 0.1) is 5.92 Å². The minimum Gasteiger partial charge on any atom is -0.497 e. The molecule has 124 valence electrons. The number of hydrogen-bond acceptors (Lipinski definition) is 4. The summed E-state index contributed by atoms with van der Waals surface area (Å²) in [6.45, 7) is 3.55. The van der Waals surface area contributed by atoms with E-state index in [9.17, 15) is 4.79 Å². The molecule has 1 aliphatic rings. The summed E-state index contributed by atoms with van der Waals surface area (Å²) in [6, 6.07) is 7.41. The first kappa shape index (κ1) is 18.7. The summed E-state index contributed by atoms with van der Waals surface area (Å²) >= 11 is 0. The number of anilines is 1. The lowest BCUT2D eigenvalue weighted by Crippen LogP contribution is -2.40. The van der Waals surface area contributed by atoms with Gasteiger partial charge in [-0.25, -0.2) is 0 Å². The molecular weight excluding hydrogens is 302 g/mol. The van der Waals surface area contributed by atoms with Crippen molar-refractivity contribution < 1.29 is 9.53 Å². The molecule has 0 bridgehead atoms. The summed E-state index contributed by atoms with van der Waals surface area (Å²) in [6.07, 6.45) is 2.33. The number of piperidine rings is 1. The molecule has 1 aliphatic heterocycles. The number of hydrogen-bond donors (Lipinski definition) is 2. The van der Waals surface area contributed by atoms with Crippen LogP contribution in [0.15, 0.2) is 24.3 Å². The lowest BCUT2D eigenvalue weighted by atomic mass is 9.97. The molecule has 1 saturated heterocycles. The van der Waals surface area contributed by atoms with E-state index in [-0.39, 0.29) is 18.3 Å². The fourth-order valence-electron chi connectivity index (χ4n) is 2.72. The molecule has 0 spiro atoms. The van der Waals surface area contributed by atoms with Gasteiger partial charge in [0, 0.05) is 5.69 Å². The number of carbonyl (C=O) groups excluding carboxylic acids is 1. The molecule has 0 radical (unpaired) electrons. The number of carbonyl (C=O) groups is 1. The Bertz CT molecular complexity index is 445. The van der Waals surface area contributed by atoms with E-state index in [0.29, 0.717) is 6.54 Å². The van der Waals surface area contributed by atoms with E-state index in [0.717, 1.165) is 49.8 Å². The molecule has 2 rings (SSSR count). The Morgan fingerprint density at radius 3 is 2.45 bits per heavy atom. The first-order valence-electron chi connectivity index (χ1n) is 7.52.